The Bertz CT molecular complexity index is 542. The van der Waals surface area contributed by atoms with Crippen LogP contribution < -0.4 is 5.32 Å². The first-order valence-corrected chi connectivity index (χ1v) is 7.11. The van der Waals surface area contributed by atoms with Crippen LogP contribution in [0, 0.1) is 6.92 Å². The standard InChI is InChI=1S/C12H13Cl2N3S/c1-7(9-3-4-10(13)11(14)5-9)15-6-12-17-16-8(2)18-12/h3-5,7,15H,6H2,1-2H3. The third-order valence-electron chi connectivity index (χ3n) is 2.57. The van der Waals surface area contributed by atoms with E-state index in [2.05, 4.69) is 22.4 Å². The summed E-state index contributed by atoms with van der Waals surface area (Å²) in [5.41, 5.74) is 1.10. The van der Waals surface area contributed by atoms with Crippen LogP contribution in [0.3, 0.4) is 0 Å². The highest BCUT2D eigenvalue weighted by Gasteiger charge is 2.08. The van der Waals surface area contributed by atoms with E-state index in [0.29, 0.717) is 16.6 Å². The Hall–Kier alpha value is -0.680. The minimum absolute atomic E-state index is 0.184. The monoisotopic (exact) mass is 301 g/mol. The van der Waals surface area contributed by atoms with Gasteiger partial charge < -0.3 is 5.32 Å². The molecule has 18 heavy (non-hydrogen) atoms. The maximum atomic E-state index is 6.00. The van der Waals surface area contributed by atoms with Crippen molar-refractivity contribution in [3.05, 3.63) is 43.8 Å². The van der Waals surface area contributed by atoms with E-state index in [1.807, 2.05) is 25.1 Å². The van der Waals surface area contributed by atoms with Gasteiger partial charge in [0.1, 0.15) is 10.0 Å². The summed E-state index contributed by atoms with van der Waals surface area (Å²) in [5, 5.41) is 14.6. The Morgan fingerprint density at radius 1 is 1.28 bits per heavy atom. The summed E-state index contributed by atoms with van der Waals surface area (Å²) >= 11 is 13.5. The molecule has 0 aliphatic carbocycles. The molecule has 0 amide bonds. The average molecular weight is 302 g/mol. The van der Waals surface area contributed by atoms with Crippen molar-refractivity contribution in [3.63, 3.8) is 0 Å². The fourth-order valence-electron chi connectivity index (χ4n) is 1.55. The topological polar surface area (TPSA) is 37.8 Å². The molecule has 1 unspecified atom stereocenters. The van der Waals surface area contributed by atoms with Crippen LogP contribution in [0.5, 0.6) is 0 Å². The molecule has 1 atom stereocenters. The Kier molecular flexibility index (Phi) is 4.56. The molecule has 2 rings (SSSR count). The molecule has 96 valence electrons. The minimum atomic E-state index is 0.184. The van der Waals surface area contributed by atoms with E-state index in [4.69, 9.17) is 23.2 Å². The van der Waals surface area contributed by atoms with Crippen LogP contribution in [-0.4, -0.2) is 10.2 Å². The summed E-state index contributed by atoms with van der Waals surface area (Å²) in [7, 11) is 0. The summed E-state index contributed by atoms with van der Waals surface area (Å²) in [6.45, 7) is 4.73. The highest BCUT2D eigenvalue weighted by Crippen LogP contribution is 2.25. The smallest absolute Gasteiger partial charge is 0.131 e. The molecule has 2 aromatic rings. The Morgan fingerprint density at radius 2 is 2.06 bits per heavy atom. The van der Waals surface area contributed by atoms with Gasteiger partial charge >= 0.3 is 0 Å². The summed E-state index contributed by atoms with van der Waals surface area (Å²) in [6, 6.07) is 5.85. The maximum Gasteiger partial charge on any atom is 0.131 e. The number of rotatable bonds is 4. The second-order valence-corrected chi connectivity index (χ2v) is 6.07. The van der Waals surface area contributed by atoms with Crippen LogP contribution in [0.1, 0.15) is 28.5 Å². The largest absolute Gasteiger partial charge is 0.304 e. The lowest BCUT2D eigenvalue weighted by atomic mass is 10.1. The van der Waals surface area contributed by atoms with Gasteiger partial charge in [0.05, 0.1) is 16.6 Å². The van der Waals surface area contributed by atoms with Gasteiger partial charge in [0.15, 0.2) is 0 Å². The first-order valence-electron chi connectivity index (χ1n) is 5.53. The van der Waals surface area contributed by atoms with Gasteiger partial charge in [0.2, 0.25) is 0 Å². The molecule has 0 aliphatic heterocycles. The molecule has 0 bridgehead atoms. The van der Waals surface area contributed by atoms with Crippen molar-refractivity contribution < 1.29 is 0 Å². The first-order chi connectivity index (χ1) is 8.56. The predicted octanol–water partition coefficient (Wildman–Crippen LogP) is 4.00. The van der Waals surface area contributed by atoms with Gasteiger partial charge in [0.25, 0.3) is 0 Å². The molecule has 0 saturated heterocycles. The van der Waals surface area contributed by atoms with E-state index in [-0.39, 0.29) is 6.04 Å². The average Bonchev–Trinajstić information content (AvgIpc) is 2.75. The molecular formula is C12H13Cl2N3S. The first kappa shape index (κ1) is 13.7. The Labute approximate surface area is 120 Å². The van der Waals surface area contributed by atoms with Gasteiger partial charge in [-0.25, -0.2) is 0 Å². The molecule has 0 fully saturated rings. The second-order valence-electron chi connectivity index (χ2n) is 3.99. The van der Waals surface area contributed by atoms with Crippen LogP contribution in [0.2, 0.25) is 10.0 Å². The van der Waals surface area contributed by atoms with Crippen molar-refractivity contribution >= 4 is 34.5 Å². The lowest BCUT2D eigenvalue weighted by molar-refractivity contribution is 0.571. The van der Waals surface area contributed by atoms with E-state index in [9.17, 15) is 0 Å². The van der Waals surface area contributed by atoms with Crippen molar-refractivity contribution in [1.29, 1.82) is 0 Å². The third-order valence-corrected chi connectivity index (χ3v) is 4.15. The van der Waals surface area contributed by atoms with Gasteiger partial charge in [-0.05, 0) is 31.5 Å². The molecule has 0 radical (unpaired) electrons. The van der Waals surface area contributed by atoms with E-state index >= 15 is 0 Å². The summed E-state index contributed by atoms with van der Waals surface area (Å²) in [5.74, 6) is 0. The molecule has 3 nitrogen and oxygen atoms in total. The van der Waals surface area contributed by atoms with Crippen molar-refractivity contribution in [1.82, 2.24) is 15.5 Å². The number of nitrogens with one attached hydrogen (secondary N) is 1. The highest BCUT2D eigenvalue weighted by molar-refractivity contribution is 7.11. The number of hydrogen-bond acceptors (Lipinski definition) is 4. The summed E-state index contributed by atoms with van der Waals surface area (Å²) < 4.78 is 0. The molecular weight excluding hydrogens is 289 g/mol. The quantitative estimate of drug-likeness (QED) is 0.927. The number of halogens is 2. The van der Waals surface area contributed by atoms with Crippen molar-refractivity contribution in [2.75, 3.05) is 0 Å². The van der Waals surface area contributed by atoms with Crippen LogP contribution in [-0.2, 0) is 6.54 Å². The molecule has 1 N–H and O–H groups in total. The van der Waals surface area contributed by atoms with E-state index in [0.717, 1.165) is 15.6 Å². The normalized spacial score (nSPS) is 12.7. The second kappa shape index (κ2) is 5.97. The molecule has 1 aromatic heterocycles. The SMILES string of the molecule is Cc1nnc(CNC(C)c2ccc(Cl)c(Cl)c2)s1. The van der Waals surface area contributed by atoms with Crippen LogP contribution in [0.25, 0.3) is 0 Å². The summed E-state index contributed by atoms with van der Waals surface area (Å²) in [4.78, 5) is 0. The summed E-state index contributed by atoms with van der Waals surface area (Å²) in [6.07, 6.45) is 0. The minimum Gasteiger partial charge on any atom is -0.304 e. The van der Waals surface area contributed by atoms with Crippen molar-refractivity contribution in [2.45, 2.75) is 26.4 Å². The predicted molar refractivity (Wildman–Crippen MR) is 76.4 cm³/mol. The van der Waals surface area contributed by atoms with Crippen molar-refractivity contribution in [2.24, 2.45) is 0 Å². The molecule has 1 heterocycles. The molecule has 0 spiro atoms. The molecule has 6 heteroatoms. The Balaban J connectivity index is 1.99. The number of aryl methyl sites for hydroxylation is 1. The fraction of sp³-hybridized carbons (Fsp3) is 0.333. The molecule has 0 aliphatic rings. The molecule has 1 aromatic carbocycles. The number of aromatic nitrogens is 2. The number of nitrogens with zero attached hydrogens (tertiary/aromatic N) is 2. The van der Waals surface area contributed by atoms with Crippen LogP contribution in [0.15, 0.2) is 18.2 Å². The van der Waals surface area contributed by atoms with E-state index < -0.39 is 0 Å². The Morgan fingerprint density at radius 3 is 2.67 bits per heavy atom. The highest BCUT2D eigenvalue weighted by atomic mass is 35.5. The maximum absolute atomic E-state index is 6.00. The third kappa shape index (κ3) is 3.42. The van der Waals surface area contributed by atoms with E-state index in [1.54, 1.807) is 11.3 Å². The van der Waals surface area contributed by atoms with Crippen LogP contribution >= 0.6 is 34.5 Å². The lowest BCUT2D eigenvalue weighted by Gasteiger charge is -2.13. The van der Waals surface area contributed by atoms with Gasteiger partial charge in [-0.1, -0.05) is 29.3 Å². The van der Waals surface area contributed by atoms with Gasteiger partial charge in [-0.15, -0.1) is 21.5 Å². The van der Waals surface area contributed by atoms with Crippen LogP contribution in [0.4, 0.5) is 0 Å². The number of benzene rings is 1. The zero-order valence-corrected chi connectivity index (χ0v) is 12.4. The van der Waals surface area contributed by atoms with Gasteiger partial charge in [-0.2, -0.15) is 0 Å². The zero-order chi connectivity index (χ0) is 13.1. The van der Waals surface area contributed by atoms with E-state index in [1.165, 1.54) is 0 Å². The molecule has 0 saturated carbocycles. The van der Waals surface area contributed by atoms with Crippen molar-refractivity contribution in [3.8, 4) is 0 Å². The number of hydrogen-bond donors (Lipinski definition) is 1. The fourth-order valence-corrected chi connectivity index (χ4v) is 2.52. The zero-order valence-electron chi connectivity index (χ0n) is 10.1. The lowest BCUT2D eigenvalue weighted by Crippen LogP contribution is -2.17. The van der Waals surface area contributed by atoms with Gasteiger partial charge in [0, 0.05) is 6.04 Å². The van der Waals surface area contributed by atoms with Gasteiger partial charge in [-0.3, -0.25) is 0 Å².